The third kappa shape index (κ3) is 2.76. The van der Waals surface area contributed by atoms with E-state index < -0.39 is 0 Å². The largest absolute Gasteiger partial charge is 0.309 e. The molecule has 0 aliphatic heterocycles. The first-order valence-electron chi connectivity index (χ1n) is 6.96. The smallest absolute Gasteiger partial charge is 0.0937 e. The van der Waals surface area contributed by atoms with Crippen LogP contribution in [-0.4, -0.2) is 11.5 Å². The number of rotatable bonds is 4. The summed E-state index contributed by atoms with van der Waals surface area (Å²) in [4.78, 5) is 4.33. The van der Waals surface area contributed by atoms with Crippen molar-refractivity contribution in [2.75, 3.05) is 6.54 Å². The number of thiazole rings is 1. The Bertz CT molecular complexity index is 593. The summed E-state index contributed by atoms with van der Waals surface area (Å²) >= 11 is 7.88. The molecule has 0 radical (unpaired) electrons. The number of aromatic nitrogens is 1. The molecule has 3 rings (SSSR count). The van der Waals surface area contributed by atoms with Gasteiger partial charge in [0.2, 0.25) is 0 Å². The van der Waals surface area contributed by atoms with Crippen LogP contribution < -0.4 is 5.32 Å². The molecular formula is C16H19ClN2S. The first kappa shape index (κ1) is 14.1. The minimum Gasteiger partial charge on any atom is -0.309 e. The number of nitrogens with zero attached hydrogens (tertiary/aromatic N) is 1. The molecule has 1 aliphatic carbocycles. The predicted molar refractivity (Wildman–Crippen MR) is 85.5 cm³/mol. The van der Waals surface area contributed by atoms with E-state index in [0.717, 1.165) is 24.4 Å². The van der Waals surface area contributed by atoms with E-state index in [9.17, 15) is 0 Å². The quantitative estimate of drug-likeness (QED) is 0.913. The Morgan fingerprint density at radius 2 is 2.30 bits per heavy atom. The van der Waals surface area contributed by atoms with Crippen LogP contribution in [0.2, 0.25) is 5.02 Å². The third-order valence-electron chi connectivity index (χ3n) is 4.02. The molecule has 20 heavy (non-hydrogen) atoms. The second-order valence-corrected chi connectivity index (χ2v) is 7.49. The van der Waals surface area contributed by atoms with Crippen molar-refractivity contribution in [2.24, 2.45) is 5.41 Å². The van der Waals surface area contributed by atoms with Gasteiger partial charge < -0.3 is 5.32 Å². The fourth-order valence-electron chi connectivity index (χ4n) is 3.10. The number of fused-ring (bicyclic) bond motifs is 1. The van der Waals surface area contributed by atoms with Gasteiger partial charge in [-0.25, -0.2) is 4.98 Å². The lowest BCUT2D eigenvalue weighted by Crippen LogP contribution is -2.32. The first-order valence-corrected chi connectivity index (χ1v) is 8.22. The average molecular weight is 307 g/mol. The molecule has 0 spiro atoms. The molecule has 0 fully saturated rings. The fraction of sp³-hybridized carbons (Fsp3) is 0.438. The molecule has 1 aliphatic rings. The Morgan fingerprint density at radius 3 is 3.05 bits per heavy atom. The van der Waals surface area contributed by atoms with E-state index >= 15 is 0 Å². The summed E-state index contributed by atoms with van der Waals surface area (Å²) in [5.41, 5.74) is 3.02. The van der Waals surface area contributed by atoms with E-state index in [1.165, 1.54) is 16.1 Å². The van der Waals surface area contributed by atoms with Gasteiger partial charge in [0.05, 0.1) is 5.01 Å². The van der Waals surface area contributed by atoms with Gasteiger partial charge in [-0.15, -0.1) is 11.3 Å². The number of hydrogen-bond donors (Lipinski definition) is 1. The molecular weight excluding hydrogens is 288 g/mol. The van der Waals surface area contributed by atoms with Crippen molar-refractivity contribution in [3.05, 3.63) is 50.9 Å². The van der Waals surface area contributed by atoms with Crippen LogP contribution in [-0.2, 0) is 12.8 Å². The summed E-state index contributed by atoms with van der Waals surface area (Å²) in [5.74, 6) is 0. The molecule has 1 N–H and O–H groups in total. The Labute approximate surface area is 129 Å². The molecule has 4 heteroatoms. The summed E-state index contributed by atoms with van der Waals surface area (Å²) in [6.07, 6.45) is 3.96. The zero-order valence-corrected chi connectivity index (χ0v) is 13.4. The lowest BCUT2D eigenvalue weighted by atomic mass is 9.85. The zero-order chi connectivity index (χ0) is 14.2. The molecule has 0 amide bonds. The van der Waals surface area contributed by atoms with Crippen molar-refractivity contribution < 1.29 is 0 Å². The summed E-state index contributed by atoms with van der Waals surface area (Å²) in [5, 5.41) is 7.75. The highest BCUT2D eigenvalue weighted by Gasteiger charge is 2.38. The van der Waals surface area contributed by atoms with Crippen LogP contribution in [0, 0.1) is 5.41 Å². The maximum Gasteiger partial charge on any atom is 0.0937 e. The molecule has 0 bridgehead atoms. The Balaban J connectivity index is 1.73. The van der Waals surface area contributed by atoms with E-state index in [-0.39, 0.29) is 5.41 Å². The molecule has 106 valence electrons. The molecule has 2 aromatic rings. The van der Waals surface area contributed by atoms with Gasteiger partial charge >= 0.3 is 0 Å². The van der Waals surface area contributed by atoms with Gasteiger partial charge in [-0.05, 0) is 35.1 Å². The summed E-state index contributed by atoms with van der Waals surface area (Å²) in [6.45, 7) is 5.59. The van der Waals surface area contributed by atoms with E-state index in [4.69, 9.17) is 11.6 Å². The molecule has 1 atom stereocenters. The number of nitrogens with one attached hydrogen (secondary N) is 1. The van der Waals surface area contributed by atoms with Gasteiger partial charge in [0.1, 0.15) is 0 Å². The van der Waals surface area contributed by atoms with Crippen molar-refractivity contribution in [1.82, 2.24) is 10.3 Å². The number of hydrogen-bond acceptors (Lipinski definition) is 3. The standard InChI is InChI=1S/C16H19ClN2S/c1-16(2)10-11-3-4-12(17)9-13(11)15(16)19-6-5-14-18-7-8-20-14/h3-4,7-9,15,19H,5-6,10H2,1-2H3. The van der Waals surface area contributed by atoms with E-state index in [1.54, 1.807) is 11.3 Å². The maximum atomic E-state index is 6.16. The van der Waals surface area contributed by atoms with Crippen molar-refractivity contribution in [2.45, 2.75) is 32.7 Å². The average Bonchev–Trinajstić information content (AvgIpc) is 2.97. The van der Waals surface area contributed by atoms with Gasteiger partial charge in [0.25, 0.3) is 0 Å². The zero-order valence-electron chi connectivity index (χ0n) is 11.8. The highest BCUT2D eigenvalue weighted by atomic mass is 35.5. The third-order valence-corrected chi connectivity index (χ3v) is 5.09. The summed E-state index contributed by atoms with van der Waals surface area (Å²) in [6, 6.07) is 6.65. The molecule has 1 aromatic carbocycles. The van der Waals surface area contributed by atoms with Gasteiger partial charge in [-0.1, -0.05) is 31.5 Å². The lowest BCUT2D eigenvalue weighted by Gasteiger charge is -2.28. The molecule has 2 nitrogen and oxygen atoms in total. The lowest BCUT2D eigenvalue weighted by molar-refractivity contribution is 0.271. The van der Waals surface area contributed by atoms with Crippen molar-refractivity contribution in [3.8, 4) is 0 Å². The van der Waals surface area contributed by atoms with Gasteiger partial charge in [0, 0.05) is 35.6 Å². The second kappa shape index (κ2) is 5.47. The van der Waals surface area contributed by atoms with Crippen LogP contribution in [0.5, 0.6) is 0 Å². The van der Waals surface area contributed by atoms with E-state index in [2.05, 4.69) is 36.3 Å². The van der Waals surface area contributed by atoms with Gasteiger partial charge in [-0.3, -0.25) is 0 Å². The van der Waals surface area contributed by atoms with Crippen LogP contribution in [0.1, 0.15) is 36.0 Å². The van der Waals surface area contributed by atoms with Crippen molar-refractivity contribution in [1.29, 1.82) is 0 Å². The van der Waals surface area contributed by atoms with Crippen molar-refractivity contribution in [3.63, 3.8) is 0 Å². The van der Waals surface area contributed by atoms with Gasteiger partial charge in [-0.2, -0.15) is 0 Å². The van der Waals surface area contributed by atoms with Crippen LogP contribution in [0.3, 0.4) is 0 Å². The van der Waals surface area contributed by atoms with Crippen molar-refractivity contribution >= 4 is 22.9 Å². The second-order valence-electron chi connectivity index (χ2n) is 6.07. The minimum absolute atomic E-state index is 0.232. The summed E-state index contributed by atoms with van der Waals surface area (Å²) < 4.78 is 0. The molecule has 1 heterocycles. The molecule has 1 unspecified atom stereocenters. The topological polar surface area (TPSA) is 24.9 Å². The van der Waals surface area contributed by atoms with E-state index in [0.29, 0.717) is 6.04 Å². The van der Waals surface area contributed by atoms with Crippen LogP contribution in [0.4, 0.5) is 0 Å². The van der Waals surface area contributed by atoms with Crippen LogP contribution in [0.25, 0.3) is 0 Å². The molecule has 0 saturated carbocycles. The first-order chi connectivity index (χ1) is 9.56. The normalized spacial score (nSPS) is 20.1. The highest BCUT2D eigenvalue weighted by molar-refractivity contribution is 7.09. The Kier molecular flexibility index (Phi) is 3.85. The van der Waals surface area contributed by atoms with Crippen LogP contribution >= 0.6 is 22.9 Å². The predicted octanol–water partition coefficient (Wildman–Crippen LogP) is 4.25. The highest BCUT2D eigenvalue weighted by Crippen LogP contribution is 2.45. The van der Waals surface area contributed by atoms with Gasteiger partial charge in [0.15, 0.2) is 0 Å². The summed E-state index contributed by atoms with van der Waals surface area (Å²) in [7, 11) is 0. The van der Waals surface area contributed by atoms with Crippen LogP contribution in [0.15, 0.2) is 29.8 Å². The van der Waals surface area contributed by atoms with E-state index in [1.807, 2.05) is 17.6 Å². The molecule has 1 aromatic heterocycles. The molecule has 0 saturated heterocycles. The Hall–Kier alpha value is -0.900. The maximum absolute atomic E-state index is 6.16. The Morgan fingerprint density at radius 1 is 1.45 bits per heavy atom. The number of benzene rings is 1. The fourth-order valence-corrected chi connectivity index (χ4v) is 3.90. The number of halogens is 1. The SMILES string of the molecule is CC1(C)Cc2ccc(Cl)cc2C1NCCc1nccs1. The minimum atomic E-state index is 0.232. The monoisotopic (exact) mass is 306 g/mol.